The third-order valence-electron chi connectivity index (χ3n) is 5.15. The molecule has 0 heterocycles. The summed E-state index contributed by atoms with van der Waals surface area (Å²) >= 11 is 0. The maximum Gasteiger partial charge on any atom is 0.122 e. The van der Waals surface area contributed by atoms with Gasteiger partial charge in [0.05, 0.1) is 0 Å². The molecule has 2 N–H and O–H groups in total. The number of hydrogen-bond donors (Lipinski definition) is 2. The molecule has 2 nitrogen and oxygen atoms in total. The molecular formula is C25H36O2. The predicted molar refractivity (Wildman–Crippen MR) is 115 cm³/mol. The molecular weight excluding hydrogens is 332 g/mol. The molecule has 0 atom stereocenters. The summed E-state index contributed by atoms with van der Waals surface area (Å²) in [6.45, 7) is 8.65. The molecule has 0 aliphatic carbocycles. The third-order valence-corrected chi connectivity index (χ3v) is 5.15. The lowest BCUT2D eigenvalue weighted by Crippen LogP contribution is -2.00. The van der Waals surface area contributed by atoms with E-state index < -0.39 is 0 Å². The minimum atomic E-state index is 0.411. The van der Waals surface area contributed by atoms with Gasteiger partial charge in [0, 0.05) is 6.42 Å². The monoisotopic (exact) mass is 368 g/mol. The summed E-state index contributed by atoms with van der Waals surface area (Å²) in [4.78, 5) is 0. The summed E-state index contributed by atoms with van der Waals surface area (Å²) in [5.41, 5.74) is 6.53. The van der Waals surface area contributed by atoms with Crippen LogP contribution in [-0.4, -0.2) is 10.2 Å². The Labute approximate surface area is 165 Å². The average Bonchev–Trinajstić information content (AvgIpc) is 2.63. The van der Waals surface area contributed by atoms with Gasteiger partial charge in [-0.3, -0.25) is 0 Å². The Morgan fingerprint density at radius 3 is 1.19 bits per heavy atom. The second-order valence-corrected chi connectivity index (χ2v) is 7.70. The number of phenolic OH excluding ortho intramolecular Hbond substituents is 2. The molecule has 0 spiro atoms. The van der Waals surface area contributed by atoms with Crippen molar-refractivity contribution in [2.45, 2.75) is 85.5 Å². The maximum atomic E-state index is 10.8. The van der Waals surface area contributed by atoms with E-state index in [9.17, 15) is 10.2 Å². The second-order valence-electron chi connectivity index (χ2n) is 7.70. The Kier molecular flexibility index (Phi) is 8.22. The molecule has 0 aliphatic heterocycles. The van der Waals surface area contributed by atoms with E-state index in [1.54, 1.807) is 0 Å². The van der Waals surface area contributed by atoms with Crippen LogP contribution in [0, 0.1) is 0 Å². The first-order chi connectivity index (χ1) is 13.0. The molecule has 2 heteroatoms. The van der Waals surface area contributed by atoms with E-state index in [1.165, 1.54) is 11.1 Å². The van der Waals surface area contributed by atoms with Gasteiger partial charge in [-0.05, 0) is 59.1 Å². The van der Waals surface area contributed by atoms with Gasteiger partial charge < -0.3 is 10.2 Å². The lowest BCUT2D eigenvalue weighted by atomic mass is 9.91. The largest absolute Gasteiger partial charge is 0.507 e. The fraction of sp³-hybridized carbons (Fsp3) is 0.520. The van der Waals surface area contributed by atoms with Crippen LogP contribution in [0.1, 0.15) is 86.8 Å². The summed E-state index contributed by atoms with van der Waals surface area (Å²) in [7, 11) is 0. The molecule has 2 aromatic rings. The quantitative estimate of drug-likeness (QED) is 0.502. The standard InChI is InChI=1S/C25H36O2/c1-5-9-18-13-20(11-7-3)24(26)22(15-18)17-23-16-19(10-6-2)14-21(12-8-4)25(23)27/h13-16,26-27H,5-12,17H2,1-4H3. The van der Waals surface area contributed by atoms with Gasteiger partial charge in [-0.25, -0.2) is 0 Å². The first-order valence-corrected chi connectivity index (χ1v) is 10.7. The van der Waals surface area contributed by atoms with E-state index in [4.69, 9.17) is 0 Å². The summed E-state index contributed by atoms with van der Waals surface area (Å²) in [5.74, 6) is 0.822. The molecule has 0 fully saturated rings. The van der Waals surface area contributed by atoms with Crippen molar-refractivity contribution in [1.82, 2.24) is 0 Å². The molecule has 0 aromatic heterocycles. The summed E-state index contributed by atoms with van der Waals surface area (Å²) in [6, 6.07) is 8.57. The Morgan fingerprint density at radius 2 is 0.852 bits per heavy atom. The van der Waals surface area contributed by atoms with Crippen molar-refractivity contribution >= 4 is 0 Å². The molecule has 0 amide bonds. The zero-order chi connectivity index (χ0) is 19.8. The van der Waals surface area contributed by atoms with Crippen LogP contribution in [-0.2, 0) is 32.1 Å². The van der Waals surface area contributed by atoms with Crippen LogP contribution in [0.15, 0.2) is 24.3 Å². The molecule has 0 unspecified atom stereocenters. The van der Waals surface area contributed by atoms with E-state index in [0.29, 0.717) is 17.9 Å². The minimum Gasteiger partial charge on any atom is -0.507 e. The topological polar surface area (TPSA) is 40.5 Å². The van der Waals surface area contributed by atoms with Crippen molar-refractivity contribution in [2.24, 2.45) is 0 Å². The Hall–Kier alpha value is -1.96. The average molecular weight is 369 g/mol. The number of benzene rings is 2. The molecule has 148 valence electrons. The predicted octanol–water partition coefficient (Wildman–Crippen LogP) is 6.50. The van der Waals surface area contributed by atoms with Gasteiger partial charge in [0.25, 0.3) is 0 Å². The molecule has 27 heavy (non-hydrogen) atoms. The van der Waals surface area contributed by atoms with Gasteiger partial charge in [-0.15, -0.1) is 0 Å². The van der Waals surface area contributed by atoms with Crippen LogP contribution >= 0.6 is 0 Å². The van der Waals surface area contributed by atoms with Gasteiger partial charge >= 0.3 is 0 Å². The maximum absolute atomic E-state index is 10.8. The third kappa shape index (κ3) is 5.51. The van der Waals surface area contributed by atoms with Crippen LogP contribution in [0.3, 0.4) is 0 Å². The fourth-order valence-corrected chi connectivity index (χ4v) is 3.92. The number of aromatic hydroxyl groups is 2. The SMILES string of the molecule is CCCc1cc(CCC)c(O)c(Cc2cc(CCC)cc(CCC)c2O)c1. The van der Waals surface area contributed by atoms with Crippen molar-refractivity contribution in [3.8, 4) is 11.5 Å². The fourth-order valence-electron chi connectivity index (χ4n) is 3.92. The Morgan fingerprint density at radius 1 is 0.519 bits per heavy atom. The van der Waals surface area contributed by atoms with Gasteiger partial charge in [-0.1, -0.05) is 77.6 Å². The summed E-state index contributed by atoms with van der Waals surface area (Å²) < 4.78 is 0. The molecule has 0 aliphatic rings. The normalized spacial score (nSPS) is 11.1. The van der Waals surface area contributed by atoms with Crippen LogP contribution < -0.4 is 0 Å². The van der Waals surface area contributed by atoms with E-state index in [0.717, 1.165) is 73.6 Å². The molecule has 2 aromatic carbocycles. The zero-order valence-corrected chi connectivity index (χ0v) is 17.6. The lowest BCUT2D eigenvalue weighted by Gasteiger charge is -2.16. The van der Waals surface area contributed by atoms with Crippen molar-refractivity contribution in [3.63, 3.8) is 0 Å². The van der Waals surface area contributed by atoms with Crippen LogP contribution in [0.5, 0.6) is 11.5 Å². The highest BCUT2D eigenvalue weighted by Crippen LogP contribution is 2.33. The van der Waals surface area contributed by atoms with Crippen molar-refractivity contribution in [2.75, 3.05) is 0 Å². The lowest BCUT2D eigenvalue weighted by molar-refractivity contribution is 0.454. The minimum absolute atomic E-state index is 0.411. The second kappa shape index (κ2) is 10.4. The first-order valence-electron chi connectivity index (χ1n) is 10.7. The van der Waals surface area contributed by atoms with Gasteiger partial charge in [0.1, 0.15) is 11.5 Å². The number of hydrogen-bond acceptors (Lipinski definition) is 2. The van der Waals surface area contributed by atoms with Crippen molar-refractivity contribution in [3.05, 3.63) is 57.6 Å². The highest BCUT2D eigenvalue weighted by Gasteiger charge is 2.15. The van der Waals surface area contributed by atoms with Crippen molar-refractivity contribution < 1.29 is 10.2 Å². The summed E-state index contributed by atoms with van der Waals surface area (Å²) in [6.07, 6.45) is 8.61. The Balaban J connectivity index is 2.48. The van der Waals surface area contributed by atoms with Gasteiger partial charge in [-0.2, -0.15) is 0 Å². The zero-order valence-electron chi connectivity index (χ0n) is 17.6. The van der Waals surface area contributed by atoms with E-state index in [-0.39, 0.29) is 0 Å². The number of aryl methyl sites for hydroxylation is 4. The number of rotatable bonds is 10. The highest BCUT2D eigenvalue weighted by molar-refractivity contribution is 5.51. The van der Waals surface area contributed by atoms with E-state index in [1.807, 2.05) is 0 Å². The van der Waals surface area contributed by atoms with Crippen LogP contribution in [0.25, 0.3) is 0 Å². The molecule has 0 saturated carbocycles. The van der Waals surface area contributed by atoms with E-state index >= 15 is 0 Å². The molecule has 0 bridgehead atoms. The molecule has 2 rings (SSSR count). The van der Waals surface area contributed by atoms with Crippen LogP contribution in [0.4, 0.5) is 0 Å². The van der Waals surface area contributed by atoms with Gasteiger partial charge in [0.15, 0.2) is 0 Å². The highest BCUT2D eigenvalue weighted by atomic mass is 16.3. The smallest absolute Gasteiger partial charge is 0.122 e. The molecule has 0 saturated heterocycles. The van der Waals surface area contributed by atoms with Gasteiger partial charge in [0.2, 0.25) is 0 Å². The molecule has 0 radical (unpaired) electrons. The first kappa shape index (κ1) is 21.3. The number of phenols is 2. The Bertz CT molecular complexity index is 683. The van der Waals surface area contributed by atoms with Crippen molar-refractivity contribution in [1.29, 1.82) is 0 Å². The van der Waals surface area contributed by atoms with E-state index in [2.05, 4.69) is 52.0 Å². The summed E-state index contributed by atoms with van der Waals surface area (Å²) in [5, 5.41) is 21.7. The van der Waals surface area contributed by atoms with Crippen LogP contribution in [0.2, 0.25) is 0 Å².